The van der Waals surface area contributed by atoms with Crippen molar-refractivity contribution in [1.29, 1.82) is 0 Å². The van der Waals surface area contributed by atoms with Gasteiger partial charge in [0, 0.05) is 10.6 Å². The van der Waals surface area contributed by atoms with E-state index in [1.807, 2.05) is 6.92 Å². The molecule has 17 heavy (non-hydrogen) atoms. The van der Waals surface area contributed by atoms with Gasteiger partial charge >= 0.3 is 5.97 Å². The Balaban J connectivity index is 1.87. The fourth-order valence-corrected chi connectivity index (χ4v) is 1.83. The molecule has 0 aromatic heterocycles. The lowest BCUT2D eigenvalue weighted by Gasteiger charge is -2.03. The van der Waals surface area contributed by atoms with Crippen LogP contribution in [-0.2, 0) is 9.53 Å². The predicted molar refractivity (Wildman–Crippen MR) is 64.0 cm³/mol. The Morgan fingerprint density at radius 1 is 1.47 bits per heavy atom. The standard InChI is InChI=1S/C13H13ClO3/c1-8-5-11(8)13(16)17-7-12(15)9-3-2-4-10(14)6-9/h2-4,6,8,11H,5,7H2,1H3. The summed E-state index contributed by atoms with van der Waals surface area (Å²) in [4.78, 5) is 23.1. The molecule has 0 radical (unpaired) electrons. The molecule has 0 aliphatic heterocycles. The van der Waals surface area contributed by atoms with Crippen LogP contribution in [0.3, 0.4) is 0 Å². The number of hydrogen-bond donors (Lipinski definition) is 0. The average molecular weight is 253 g/mol. The zero-order valence-corrected chi connectivity index (χ0v) is 10.2. The molecule has 1 aromatic carbocycles. The summed E-state index contributed by atoms with van der Waals surface area (Å²) in [6, 6.07) is 6.61. The Morgan fingerprint density at radius 2 is 2.18 bits per heavy atom. The molecule has 1 saturated carbocycles. The highest BCUT2D eigenvalue weighted by molar-refractivity contribution is 6.31. The highest BCUT2D eigenvalue weighted by Gasteiger charge is 2.40. The van der Waals surface area contributed by atoms with E-state index in [-0.39, 0.29) is 24.3 Å². The van der Waals surface area contributed by atoms with Gasteiger partial charge in [0.05, 0.1) is 5.92 Å². The van der Waals surface area contributed by atoms with Gasteiger partial charge in [-0.1, -0.05) is 30.7 Å². The number of carbonyl (C=O) groups excluding carboxylic acids is 2. The summed E-state index contributed by atoms with van der Waals surface area (Å²) in [5, 5.41) is 0.498. The van der Waals surface area contributed by atoms with E-state index in [0.717, 1.165) is 6.42 Å². The van der Waals surface area contributed by atoms with Gasteiger partial charge in [-0.2, -0.15) is 0 Å². The van der Waals surface area contributed by atoms with Crippen LogP contribution >= 0.6 is 11.6 Å². The lowest BCUT2D eigenvalue weighted by molar-refractivity contribution is -0.144. The maximum Gasteiger partial charge on any atom is 0.309 e. The number of carbonyl (C=O) groups is 2. The highest BCUT2D eigenvalue weighted by Crippen LogP contribution is 2.38. The van der Waals surface area contributed by atoms with Crippen molar-refractivity contribution in [1.82, 2.24) is 0 Å². The van der Waals surface area contributed by atoms with Crippen LogP contribution in [-0.4, -0.2) is 18.4 Å². The Kier molecular flexibility index (Phi) is 3.48. The molecule has 1 fully saturated rings. The van der Waals surface area contributed by atoms with Crippen LogP contribution in [0.4, 0.5) is 0 Å². The van der Waals surface area contributed by atoms with Crippen molar-refractivity contribution in [3.8, 4) is 0 Å². The zero-order valence-electron chi connectivity index (χ0n) is 9.48. The van der Waals surface area contributed by atoms with E-state index in [9.17, 15) is 9.59 Å². The molecule has 2 unspecified atom stereocenters. The fourth-order valence-electron chi connectivity index (χ4n) is 1.64. The molecular formula is C13H13ClO3. The number of esters is 1. The first-order valence-electron chi connectivity index (χ1n) is 5.53. The van der Waals surface area contributed by atoms with E-state index in [1.54, 1.807) is 24.3 Å². The quantitative estimate of drug-likeness (QED) is 0.611. The molecule has 1 aliphatic carbocycles. The molecule has 4 heteroatoms. The van der Waals surface area contributed by atoms with E-state index in [4.69, 9.17) is 16.3 Å². The molecule has 2 rings (SSSR count). The van der Waals surface area contributed by atoms with Crippen molar-refractivity contribution in [3.05, 3.63) is 34.9 Å². The predicted octanol–water partition coefficient (Wildman–Crippen LogP) is 2.72. The average Bonchev–Trinajstić information content (AvgIpc) is 3.03. The first-order chi connectivity index (χ1) is 8.08. The SMILES string of the molecule is CC1CC1C(=O)OCC(=O)c1cccc(Cl)c1. The Bertz CT molecular complexity index is 456. The summed E-state index contributed by atoms with van der Waals surface area (Å²) in [7, 11) is 0. The van der Waals surface area contributed by atoms with Crippen LogP contribution in [0.5, 0.6) is 0 Å². The van der Waals surface area contributed by atoms with Gasteiger partial charge in [-0.15, -0.1) is 0 Å². The molecule has 1 aromatic rings. The second kappa shape index (κ2) is 4.88. The molecule has 0 amide bonds. The summed E-state index contributed by atoms with van der Waals surface area (Å²) in [5.41, 5.74) is 0.467. The first kappa shape index (κ1) is 12.1. The number of Topliss-reactive ketones (excluding diaryl/α,β-unsaturated/α-hetero) is 1. The van der Waals surface area contributed by atoms with E-state index in [1.165, 1.54) is 0 Å². The van der Waals surface area contributed by atoms with Crippen molar-refractivity contribution < 1.29 is 14.3 Å². The molecule has 2 atom stereocenters. The molecule has 0 spiro atoms. The summed E-state index contributed by atoms with van der Waals surface area (Å²) in [6.45, 7) is 1.78. The monoisotopic (exact) mass is 252 g/mol. The van der Waals surface area contributed by atoms with E-state index >= 15 is 0 Å². The van der Waals surface area contributed by atoms with Crippen LogP contribution in [0, 0.1) is 11.8 Å². The maximum atomic E-state index is 11.7. The van der Waals surface area contributed by atoms with Gasteiger partial charge in [0.2, 0.25) is 0 Å². The lowest BCUT2D eigenvalue weighted by Crippen LogP contribution is -2.15. The van der Waals surface area contributed by atoms with Crippen LogP contribution in [0.25, 0.3) is 0 Å². The Labute approximate surface area is 105 Å². The third-order valence-corrected chi connectivity index (χ3v) is 3.14. The fraction of sp³-hybridized carbons (Fsp3) is 0.385. The van der Waals surface area contributed by atoms with Gasteiger partial charge in [0.25, 0.3) is 0 Å². The van der Waals surface area contributed by atoms with Crippen LogP contribution in [0.1, 0.15) is 23.7 Å². The van der Waals surface area contributed by atoms with Gasteiger partial charge in [-0.05, 0) is 24.5 Å². The third-order valence-electron chi connectivity index (χ3n) is 2.90. The zero-order chi connectivity index (χ0) is 12.4. The molecule has 0 heterocycles. The number of ether oxygens (including phenoxy) is 1. The van der Waals surface area contributed by atoms with Crippen molar-refractivity contribution in [2.24, 2.45) is 11.8 Å². The van der Waals surface area contributed by atoms with Crippen LogP contribution < -0.4 is 0 Å². The van der Waals surface area contributed by atoms with Gasteiger partial charge in [0.1, 0.15) is 0 Å². The smallest absolute Gasteiger partial charge is 0.309 e. The number of rotatable bonds is 4. The molecule has 90 valence electrons. The van der Waals surface area contributed by atoms with Crippen molar-refractivity contribution in [2.45, 2.75) is 13.3 Å². The highest BCUT2D eigenvalue weighted by atomic mass is 35.5. The summed E-state index contributed by atoms with van der Waals surface area (Å²) >= 11 is 5.77. The van der Waals surface area contributed by atoms with E-state index in [0.29, 0.717) is 16.5 Å². The van der Waals surface area contributed by atoms with E-state index in [2.05, 4.69) is 0 Å². The number of benzene rings is 1. The lowest BCUT2D eigenvalue weighted by atomic mass is 10.1. The van der Waals surface area contributed by atoms with Gasteiger partial charge < -0.3 is 4.74 Å². The Morgan fingerprint density at radius 3 is 2.76 bits per heavy atom. The minimum atomic E-state index is -0.270. The molecular weight excluding hydrogens is 240 g/mol. The van der Waals surface area contributed by atoms with Crippen LogP contribution in [0.15, 0.2) is 24.3 Å². The normalized spacial score (nSPS) is 22.0. The van der Waals surface area contributed by atoms with Crippen LogP contribution in [0.2, 0.25) is 5.02 Å². The maximum absolute atomic E-state index is 11.7. The second-order valence-corrected chi connectivity index (χ2v) is 4.80. The number of ketones is 1. The minimum Gasteiger partial charge on any atom is -0.457 e. The van der Waals surface area contributed by atoms with Crippen molar-refractivity contribution in [3.63, 3.8) is 0 Å². The molecule has 0 saturated heterocycles. The number of halogens is 1. The molecule has 1 aliphatic rings. The van der Waals surface area contributed by atoms with Gasteiger partial charge in [-0.3, -0.25) is 9.59 Å². The Hall–Kier alpha value is -1.35. The van der Waals surface area contributed by atoms with E-state index < -0.39 is 0 Å². The summed E-state index contributed by atoms with van der Waals surface area (Å²) < 4.78 is 4.96. The molecule has 0 N–H and O–H groups in total. The van der Waals surface area contributed by atoms with Crippen molar-refractivity contribution in [2.75, 3.05) is 6.61 Å². The first-order valence-corrected chi connectivity index (χ1v) is 5.91. The topological polar surface area (TPSA) is 43.4 Å². The minimum absolute atomic E-state index is 0.0119. The largest absolute Gasteiger partial charge is 0.457 e. The molecule has 3 nitrogen and oxygen atoms in total. The number of hydrogen-bond acceptors (Lipinski definition) is 3. The van der Waals surface area contributed by atoms with Crippen molar-refractivity contribution >= 4 is 23.4 Å². The second-order valence-electron chi connectivity index (χ2n) is 4.36. The molecule has 0 bridgehead atoms. The summed E-state index contributed by atoms with van der Waals surface area (Å²) in [6.07, 6.45) is 0.865. The van der Waals surface area contributed by atoms with Gasteiger partial charge in [-0.25, -0.2) is 0 Å². The van der Waals surface area contributed by atoms with Gasteiger partial charge in [0.15, 0.2) is 12.4 Å². The third kappa shape index (κ3) is 3.07. The summed E-state index contributed by atoms with van der Waals surface area (Å²) in [5.74, 6) is -0.118.